The highest BCUT2D eigenvalue weighted by Gasteiger charge is 2.19. The third-order valence-electron chi connectivity index (χ3n) is 4.60. The van der Waals surface area contributed by atoms with Gasteiger partial charge in [-0.25, -0.2) is 10.4 Å². The fourth-order valence-electron chi connectivity index (χ4n) is 3.18. The summed E-state index contributed by atoms with van der Waals surface area (Å²) in [5.74, 6) is -0.258. The number of hydrogen-bond acceptors (Lipinski definition) is 6. The number of nitrogens with zero attached hydrogens (tertiary/aromatic N) is 4. The number of carbonyl (C=O) groups is 2. The number of rotatable bonds is 5. The standard InChI is InChI=1S/C17H24ClN5O2S/c18-16-13(26-17(20-16)22-8-5-2-6-9-22)11-19-21-14(24)12-23-10-4-1-3-7-15(23)25/h11H,1-10,12H2,(H,21,24)/b19-11-. The molecule has 1 aromatic rings. The largest absolute Gasteiger partial charge is 0.348 e. The molecule has 3 heterocycles. The minimum atomic E-state index is -0.298. The lowest BCUT2D eigenvalue weighted by Crippen LogP contribution is -2.39. The van der Waals surface area contributed by atoms with Crippen molar-refractivity contribution in [2.45, 2.75) is 44.9 Å². The van der Waals surface area contributed by atoms with Gasteiger partial charge in [-0.05, 0) is 32.1 Å². The molecule has 0 unspecified atom stereocenters. The maximum absolute atomic E-state index is 12.0. The van der Waals surface area contributed by atoms with E-state index in [1.807, 2.05) is 0 Å². The van der Waals surface area contributed by atoms with Gasteiger partial charge in [-0.15, -0.1) is 0 Å². The van der Waals surface area contributed by atoms with Crippen LogP contribution in [0.1, 0.15) is 49.8 Å². The van der Waals surface area contributed by atoms with Crippen LogP contribution < -0.4 is 10.3 Å². The molecule has 2 saturated heterocycles. The van der Waals surface area contributed by atoms with E-state index in [1.165, 1.54) is 36.8 Å². The first kappa shape index (κ1) is 19.1. The molecule has 0 radical (unpaired) electrons. The number of piperidine rings is 1. The number of aromatic nitrogens is 1. The summed E-state index contributed by atoms with van der Waals surface area (Å²) in [6.07, 6.45) is 8.52. The minimum absolute atomic E-state index is 0.0401. The van der Waals surface area contributed by atoms with E-state index >= 15 is 0 Å². The summed E-state index contributed by atoms with van der Waals surface area (Å²) in [7, 11) is 0. The maximum atomic E-state index is 12.0. The lowest BCUT2D eigenvalue weighted by Gasteiger charge is -2.25. The molecule has 0 spiro atoms. The zero-order valence-electron chi connectivity index (χ0n) is 14.7. The average Bonchev–Trinajstić information content (AvgIpc) is 2.89. The number of likely N-dealkylation sites (tertiary alicyclic amines) is 1. The fourth-order valence-corrected chi connectivity index (χ4v) is 4.35. The number of hydrazone groups is 1. The van der Waals surface area contributed by atoms with E-state index in [0.717, 1.165) is 42.4 Å². The van der Waals surface area contributed by atoms with Gasteiger partial charge in [0.05, 0.1) is 11.1 Å². The second-order valence-electron chi connectivity index (χ2n) is 6.62. The molecule has 0 bridgehead atoms. The number of hydrogen-bond donors (Lipinski definition) is 1. The van der Waals surface area contributed by atoms with Crippen LogP contribution in [-0.4, -0.2) is 54.1 Å². The summed E-state index contributed by atoms with van der Waals surface area (Å²) in [4.78, 5) is 32.9. The van der Waals surface area contributed by atoms with Crippen LogP contribution in [0.4, 0.5) is 5.13 Å². The van der Waals surface area contributed by atoms with E-state index in [4.69, 9.17) is 11.6 Å². The van der Waals surface area contributed by atoms with Crippen molar-refractivity contribution in [1.82, 2.24) is 15.3 Å². The van der Waals surface area contributed by atoms with Gasteiger partial charge in [0.2, 0.25) is 5.91 Å². The molecule has 0 saturated carbocycles. The number of halogens is 1. The maximum Gasteiger partial charge on any atom is 0.259 e. The number of carbonyl (C=O) groups excluding carboxylic acids is 2. The van der Waals surface area contributed by atoms with E-state index < -0.39 is 0 Å². The lowest BCUT2D eigenvalue weighted by molar-refractivity contribution is -0.135. The second kappa shape index (κ2) is 9.32. The third-order valence-corrected chi connectivity index (χ3v) is 6.05. The van der Waals surface area contributed by atoms with Crippen LogP contribution in [0.15, 0.2) is 5.10 Å². The van der Waals surface area contributed by atoms with Crippen molar-refractivity contribution in [2.75, 3.05) is 31.1 Å². The molecule has 0 aliphatic carbocycles. The Morgan fingerprint density at radius 2 is 1.92 bits per heavy atom. The highest BCUT2D eigenvalue weighted by Crippen LogP contribution is 2.30. The zero-order valence-corrected chi connectivity index (χ0v) is 16.3. The average molecular weight is 398 g/mol. The molecule has 2 amide bonds. The van der Waals surface area contributed by atoms with Crippen LogP contribution in [0.2, 0.25) is 5.15 Å². The quantitative estimate of drug-likeness (QED) is 0.612. The van der Waals surface area contributed by atoms with Gasteiger partial charge >= 0.3 is 0 Å². The predicted molar refractivity (Wildman–Crippen MR) is 104 cm³/mol. The van der Waals surface area contributed by atoms with Crippen molar-refractivity contribution in [2.24, 2.45) is 5.10 Å². The topological polar surface area (TPSA) is 77.9 Å². The number of anilines is 1. The second-order valence-corrected chi connectivity index (χ2v) is 7.99. The molecule has 2 aliphatic rings. The van der Waals surface area contributed by atoms with Gasteiger partial charge in [-0.3, -0.25) is 9.59 Å². The normalized spacial score (nSPS) is 19.0. The third kappa shape index (κ3) is 5.17. The van der Waals surface area contributed by atoms with E-state index in [9.17, 15) is 9.59 Å². The molecule has 2 fully saturated rings. The molecule has 7 nitrogen and oxygen atoms in total. The highest BCUT2D eigenvalue weighted by atomic mass is 35.5. The van der Waals surface area contributed by atoms with Crippen LogP contribution in [0.5, 0.6) is 0 Å². The predicted octanol–water partition coefficient (Wildman–Crippen LogP) is 2.64. The molecule has 3 rings (SSSR count). The van der Waals surface area contributed by atoms with Gasteiger partial charge in [0.25, 0.3) is 5.91 Å². The first-order valence-electron chi connectivity index (χ1n) is 9.14. The molecule has 2 aliphatic heterocycles. The Hall–Kier alpha value is -1.67. The fraction of sp³-hybridized carbons (Fsp3) is 0.647. The summed E-state index contributed by atoms with van der Waals surface area (Å²) in [6.45, 7) is 2.68. The van der Waals surface area contributed by atoms with Crippen molar-refractivity contribution in [3.63, 3.8) is 0 Å². The van der Waals surface area contributed by atoms with Crippen LogP contribution >= 0.6 is 22.9 Å². The summed E-state index contributed by atoms with van der Waals surface area (Å²) >= 11 is 7.66. The molecule has 0 aromatic carbocycles. The molecule has 1 N–H and O–H groups in total. The van der Waals surface area contributed by atoms with Gasteiger partial charge in [0.1, 0.15) is 6.54 Å². The van der Waals surface area contributed by atoms with Gasteiger partial charge < -0.3 is 9.80 Å². The van der Waals surface area contributed by atoms with Gasteiger partial charge in [-0.2, -0.15) is 5.10 Å². The molecular formula is C17H24ClN5O2S. The molecule has 0 atom stereocenters. The molecule has 142 valence electrons. The lowest BCUT2D eigenvalue weighted by atomic mass is 10.1. The summed E-state index contributed by atoms with van der Waals surface area (Å²) in [5, 5.41) is 5.28. The van der Waals surface area contributed by atoms with Crippen LogP contribution in [-0.2, 0) is 9.59 Å². The zero-order chi connectivity index (χ0) is 18.4. The molecule has 9 heteroatoms. The van der Waals surface area contributed by atoms with E-state index in [-0.39, 0.29) is 18.4 Å². The molecule has 26 heavy (non-hydrogen) atoms. The van der Waals surface area contributed by atoms with E-state index in [1.54, 1.807) is 4.90 Å². The first-order chi connectivity index (χ1) is 12.6. The number of nitrogens with one attached hydrogen (secondary N) is 1. The van der Waals surface area contributed by atoms with Crippen LogP contribution in [0.25, 0.3) is 0 Å². The van der Waals surface area contributed by atoms with E-state index in [2.05, 4.69) is 20.4 Å². The van der Waals surface area contributed by atoms with E-state index in [0.29, 0.717) is 18.1 Å². The SMILES string of the molecule is O=C(CN1CCCCCC1=O)N/N=C\c1sc(N2CCCCC2)nc1Cl. The summed E-state index contributed by atoms with van der Waals surface area (Å²) < 4.78 is 0. The summed E-state index contributed by atoms with van der Waals surface area (Å²) in [5.41, 5.74) is 2.48. The highest BCUT2D eigenvalue weighted by molar-refractivity contribution is 7.17. The van der Waals surface area contributed by atoms with Crippen molar-refractivity contribution in [1.29, 1.82) is 0 Å². The Morgan fingerprint density at radius 3 is 2.73 bits per heavy atom. The number of amides is 2. The number of thiazole rings is 1. The first-order valence-corrected chi connectivity index (χ1v) is 10.3. The van der Waals surface area contributed by atoms with Crippen LogP contribution in [0.3, 0.4) is 0 Å². The van der Waals surface area contributed by atoms with Crippen molar-refractivity contribution < 1.29 is 9.59 Å². The van der Waals surface area contributed by atoms with Crippen LogP contribution in [0, 0.1) is 0 Å². The Bertz CT molecular complexity index is 672. The van der Waals surface area contributed by atoms with Gasteiger partial charge in [0, 0.05) is 26.1 Å². The Labute approximate surface area is 162 Å². The van der Waals surface area contributed by atoms with Crippen molar-refractivity contribution in [3.8, 4) is 0 Å². The van der Waals surface area contributed by atoms with Crippen molar-refractivity contribution in [3.05, 3.63) is 10.0 Å². The van der Waals surface area contributed by atoms with Gasteiger partial charge in [0.15, 0.2) is 10.3 Å². The smallest absolute Gasteiger partial charge is 0.259 e. The van der Waals surface area contributed by atoms with Crippen molar-refractivity contribution >= 4 is 46.1 Å². The minimum Gasteiger partial charge on any atom is -0.348 e. The monoisotopic (exact) mass is 397 g/mol. The molecule has 1 aromatic heterocycles. The van der Waals surface area contributed by atoms with Gasteiger partial charge in [-0.1, -0.05) is 29.4 Å². The Kier molecular flexibility index (Phi) is 6.85. The Balaban J connectivity index is 1.52. The summed E-state index contributed by atoms with van der Waals surface area (Å²) in [6, 6.07) is 0. The Morgan fingerprint density at radius 1 is 1.19 bits per heavy atom. The molecular weight excluding hydrogens is 374 g/mol.